The molecule has 0 aliphatic heterocycles. The van der Waals surface area contributed by atoms with Crippen LogP contribution in [0.1, 0.15) is 42.9 Å². The van der Waals surface area contributed by atoms with E-state index in [-0.39, 0.29) is 28.7 Å². The zero-order valence-electron chi connectivity index (χ0n) is 19.7. The zero-order valence-corrected chi connectivity index (χ0v) is 21.3. The fourth-order valence-electron chi connectivity index (χ4n) is 4.84. The molecule has 0 saturated heterocycles. The van der Waals surface area contributed by atoms with E-state index in [0.717, 1.165) is 48.5 Å². The Morgan fingerprint density at radius 2 is 1.50 bits per heavy atom. The number of hydrogen-bond acceptors (Lipinski definition) is 6. The normalized spacial score (nSPS) is 18.4. The quantitative estimate of drug-likeness (QED) is 0.351. The summed E-state index contributed by atoms with van der Waals surface area (Å²) in [6.07, 6.45) is 3.06. The molecular weight excluding hydrogens is 492 g/mol. The molecule has 1 aromatic heterocycles. The molecule has 0 spiro atoms. The van der Waals surface area contributed by atoms with Crippen LogP contribution in [0.5, 0.6) is 0 Å². The summed E-state index contributed by atoms with van der Waals surface area (Å²) < 4.78 is 36.8. The monoisotopic (exact) mass is 520 g/mol. The average molecular weight is 521 g/mol. The third-order valence-electron chi connectivity index (χ3n) is 6.87. The maximum atomic E-state index is 13.2. The summed E-state index contributed by atoms with van der Waals surface area (Å²) in [5, 5.41) is 3.26. The summed E-state index contributed by atoms with van der Waals surface area (Å²) in [4.78, 5) is 13.4. The molecule has 1 aliphatic carbocycles. The Morgan fingerprint density at radius 3 is 2.14 bits per heavy atom. The largest absolute Gasteiger partial charge is 0.345 e. The van der Waals surface area contributed by atoms with Gasteiger partial charge in [0.25, 0.3) is 0 Å². The second kappa shape index (κ2) is 10.9. The number of benzene rings is 3. The van der Waals surface area contributed by atoms with Gasteiger partial charge in [0.2, 0.25) is 15.9 Å². The molecule has 1 heterocycles. The first-order valence-corrected chi connectivity index (χ1v) is 14.3. The predicted molar refractivity (Wildman–Crippen MR) is 141 cm³/mol. The summed E-state index contributed by atoms with van der Waals surface area (Å²) in [6, 6.07) is 24.8. The molecule has 5 rings (SSSR count). The van der Waals surface area contributed by atoms with Crippen LogP contribution >= 0.6 is 11.7 Å². The first-order valence-electron chi connectivity index (χ1n) is 12.1. The molecule has 0 atom stereocenters. The fraction of sp³-hybridized carbons (Fsp3) is 0.296. The van der Waals surface area contributed by atoms with E-state index in [2.05, 4.69) is 18.8 Å². The molecule has 0 bridgehead atoms. The van der Waals surface area contributed by atoms with E-state index in [0.29, 0.717) is 17.6 Å². The Morgan fingerprint density at radius 1 is 0.861 bits per heavy atom. The number of carbonyl (C=O) groups is 1. The van der Waals surface area contributed by atoms with Gasteiger partial charge in [-0.1, -0.05) is 66.7 Å². The van der Waals surface area contributed by atoms with Crippen LogP contribution in [0, 0.1) is 11.8 Å². The van der Waals surface area contributed by atoms with Crippen LogP contribution in [-0.4, -0.2) is 29.6 Å². The summed E-state index contributed by atoms with van der Waals surface area (Å²) in [7, 11) is -3.69. The minimum Gasteiger partial charge on any atom is -0.345 e. The van der Waals surface area contributed by atoms with Crippen molar-refractivity contribution in [1.29, 1.82) is 0 Å². The Bertz CT molecular complexity index is 1380. The van der Waals surface area contributed by atoms with Crippen LogP contribution < -0.4 is 10.0 Å². The van der Waals surface area contributed by atoms with Crippen LogP contribution in [0.3, 0.4) is 0 Å². The number of rotatable bonds is 8. The van der Waals surface area contributed by atoms with Crippen molar-refractivity contribution in [3.8, 4) is 0 Å². The lowest BCUT2D eigenvalue weighted by Crippen LogP contribution is -2.38. The summed E-state index contributed by atoms with van der Waals surface area (Å²) in [6.45, 7) is 0.348. The number of carbonyl (C=O) groups excluding carboxylic acids is 1. The second-order valence-electron chi connectivity index (χ2n) is 9.22. The molecule has 3 aromatic carbocycles. The van der Waals surface area contributed by atoms with Crippen LogP contribution in [0.4, 0.5) is 0 Å². The van der Waals surface area contributed by atoms with Gasteiger partial charge in [-0.05, 0) is 54.9 Å². The van der Waals surface area contributed by atoms with Crippen molar-refractivity contribution in [2.24, 2.45) is 11.8 Å². The van der Waals surface area contributed by atoms with Crippen LogP contribution in [0.15, 0.2) is 83.8 Å². The summed E-state index contributed by atoms with van der Waals surface area (Å²) in [5.41, 5.74) is 3.08. The zero-order chi connectivity index (χ0) is 25.0. The lowest BCUT2D eigenvalue weighted by molar-refractivity contribution is -0.126. The molecule has 9 heteroatoms. The van der Waals surface area contributed by atoms with Crippen molar-refractivity contribution in [3.05, 3.63) is 90.0 Å². The van der Waals surface area contributed by atoms with E-state index >= 15 is 0 Å². The van der Waals surface area contributed by atoms with Crippen LogP contribution in [0.2, 0.25) is 0 Å². The van der Waals surface area contributed by atoms with Gasteiger partial charge in [0.05, 0.1) is 17.8 Å². The van der Waals surface area contributed by atoms with Crippen LogP contribution in [-0.2, 0) is 14.8 Å². The van der Waals surface area contributed by atoms with Crippen molar-refractivity contribution in [2.75, 3.05) is 6.54 Å². The van der Waals surface area contributed by atoms with Gasteiger partial charge in [-0.2, -0.15) is 8.75 Å². The molecule has 0 radical (unpaired) electrons. The van der Waals surface area contributed by atoms with E-state index in [1.165, 1.54) is 0 Å². The van der Waals surface area contributed by atoms with Crippen molar-refractivity contribution in [2.45, 2.75) is 36.6 Å². The topological polar surface area (TPSA) is 101 Å². The molecule has 1 fully saturated rings. The predicted octanol–water partition coefficient (Wildman–Crippen LogP) is 4.68. The van der Waals surface area contributed by atoms with Gasteiger partial charge in [0.1, 0.15) is 15.9 Å². The first kappa shape index (κ1) is 24.5. The first-order chi connectivity index (χ1) is 17.5. The van der Waals surface area contributed by atoms with Crippen molar-refractivity contribution < 1.29 is 13.2 Å². The molecule has 2 N–H and O–H groups in total. The molecule has 1 saturated carbocycles. The molecule has 36 heavy (non-hydrogen) atoms. The third-order valence-corrected chi connectivity index (χ3v) is 8.87. The smallest absolute Gasteiger partial charge is 0.242 e. The van der Waals surface area contributed by atoms with Gasteiger partial charge in [0, 0.05) is 12.5 Å². The molecule has 1 amide bonds. The van der Waals surface area contributed by atoms with Crippen LogP contribution in [0.25, 0.3) is 11.0 Å². The number of amides is 1. The summed E-state index contributed by atoms with van der Waals surface area (Å²) in [5.74, 6) is 0.160. The molecule has 7 nitrogen and oxygen atoms in total. The Balaban J connectivity index is 1.18. The van der Waals surface area contributed by atoms with Gasteiger partial charge in [-0.15, -0.1) is 0 Å². The number of fused-ring (bicyclic) bond motifs is 1. The number of nitrogens with one attached hydrogen (secondary N) is 2. The highest BCUT2D eigenvalue weighted by atomic mass is 32.2. The van der Waals surface area contributed by atoms with E-state index in [9.17, 15) is 13.2 Å². The molecule has 186 valence electrons. The second-order valence-corrected chi connectivity index (χ2v) is 11.5. The highest BCUT2D eigenvalue weighted by molar-refractivity contribution is 7.89. The molecule has 0 unspecified atom stereocenters. The van der Waals surface area contributed by atoms with Gasteiger partial charge in [-0.3, -0.25) is 4.79 Å². The maximum absolute atomic E-state index is 13.2. The van der Waals surface area contributed by atoms with Crippen molar-refractivity contribution >= 4 is 38.7 Å². The molecule has 1 aliphatic rings. The van der Waals surface area contributed by atoms with E-state index in [1.807, 2.05) is 60.7 Å². The number of hydrogen-bond donors (Lipinski definition) is 2. The maximum Gasteiger partial charge on any atom is 0.242 e. The van der Waals surface area contributed by atoms with E-state index in [1.54, 1.807) is 18.2 Å². The number of sulfonamides is 1. The standard InChI is InChI=1S/C27H28N4O3S2/c32-27(29-25(20-8-3-1-4-9-20)21-10-5-2-6-11-21)22-16-14-19(15-17-22)18-28-36(33,34)24-13-7-12-23-26(24)31-35-30-23/h1-13,19,22,25,28H,14-18H2,(H,29,32). The van der Waals surface area contributed by atoms with Gasteiger partial charge in [-0.25, -0.2) is 13.1 Å². The minimum absolute atomic E-state index is 0.0504. The lowest BCUT2D eigenvalue weighted by Gasteiger charge is -2.29. The van der Waals surface area contributed by atoms with E-state index < -0.39 is 10.0 Å². The van der Waals surface area contributed by atoms with Gasteiger partial charge >= 0.3 is 0 Å². The molecule has 4 aromatic rings. The molecular formula is C27H28N4O3S2. The Labute approximate surface area is 215 Å². The van der Waals surface area contributed by atoms with Crippen molar-refractivity contribution in [1.82, 2.24) is 18.8 Å². The average Bonchev–Trinajstić information content (AvgIpc) is 3.41. The fourth-order valence-corrected chi connectivity index (χ4v) is 6.72. The SMILES string of the molecule is O=C(NC(c1ccccc1)c1ccccc1)C1CCC(CNS(=O)(=O)c2cccc3nsnc23)CC1. The third kappa shape index (κ3) is 5.48. The number of aromatic nitrogens is 2. The van der Waals surface area contributed by atoms with E-state index in [4.69, 9.17) is 0 Å². The summed E-state index contributed by atoms with van der Waals surface area (Å²) >= 11 is 1.00. The Kier molecular flexibility index (Phi) is 7.41. The highest BCUT2D eigenvalue weighted by Crippen LogP contribution is 2.31. The Hall–Kier alpha value is -3.14. The minimum atomic E-state index is -3.69. The highest BCUT2D eigenvalue weighted by Gasteiger charge is 2.29. The van der Waals surface area contributed by atoms with Gasteiger partial charge in [0.15, 0.2) is 0 Å². The van der Waals surface area contributed by atoms with Gasteiger partial charge < -0.3 is 5.32 Å². The number of nitrogens with zero attached hydrogens (tertiary/aromatic N) is 2. The van der Waals surface area contributed by atoms with Crippen molar-refractivity contribution in [3.63, 3.8) is 0 Å². The lowest BCUT2D eigenvalue weighted by atomic mass is 9.81.